The first-order valence-electron chi connectivity index (χ1n) is 6.38. The summed E-state index contributed by atoms with van der Waals surface area (Å²) in [6, 6.07) is -0.279. The van der Waals surface area contributed by atoms with E-state index in [0.717, 1.165) is 0 Å². The van der Waals surface area contributed by atoms with Gasteiger partial charge in [0.25, 0.3) is 0 Å². The molecule has 1 amide bonds. The number of amidine groups is 1. The van der Waals surface area contributed by atoms with Crippen LogP contribution in [0.25, 0.3) is 0 Å². The second kappa shape index (κ2) is 9.00. The van der Waals surface area contributed by atoms with E-state index in [-0.39, 0.29) is 36.4 Å². The Morgan fingerprint density at radius 1 is 1.35 bits per heavy atom. The van der Waals surface area contributed by atoms with Gasteiger partial charge < -0.3 is 15.5 Å². The van der Waals surface area contributed by atoms with Gasteiger partial charge in [0.2, 0.25) is 5.91 Å². The first-order chi connectivity index (χ1) is 9.31. The highest BCUT2D eigenvalue weighted by Gasteiger charge is 2.18. The lowest BCUT2D eigenvalue weighted by molar-refractivity contribution is -0.146. The number of hydrazone groups is 1. The van der Waals surface area contributed by atoms with Crippen LogP contribution in [-0.4, -0.2) is 48.4 Å². The van der Waals surface area contributed by atoms with Crippen molar-refractivity contribution in [1.82, 2.24) is 4.90 Å². The van der Waals surface area contributed by atoms with Gasteiger partial charge >= 0.3 is 5.97 Å². The molecular weight excluding hydrogens is 262 g/mol. The minimum absolute atomic E-state index is 0.123. The summed E-state index contributed by atoms with van der Waals surface area (Å²) in [5.74, 6) is 4.96. The number of azo groups is 1. The molecule has 0 saturated heterocycles. The third-order valence-electron chi connectivity index (χ3n) is 2.70. The maximum atomic E-state index is 11.1. The predicted octanol–water partition coefficient (Wildman–Crippen LogP) is 0.919. The number of likely N-dealkylation sites (N-methyl/N-ethyl adjacent to an activating group) is 1. The molecule has 0 aliphatic carbocycles. The van der Waals surface area contributed by atoms with Gasteiger partial charge in [-0.05, 0) is 13.3 Å². The van der Waals surface area contributed by atoms with Crippen LogP contribution in [0, 0.1) is 0 Å². The van der Waals surface area contributed by atoms with E-state index >= 15 is 0 Å². The summed E-state index contributed by atoms with van der Waals surface area (Å²) in [5, 5.41) is 11.5. The van der Waals surface area contributed by atoms with Gasteiger partial charge in [-0.15, -0.1) is 5.11 Å². The molecule has 0 fully saturated rings. The average Bonchev–Trinajstić information content (AvgIpc) is 2.36. The molecule has 0 aliphatic heterocycles. The second-order valence-corrected chi connectivity index (χ2v) is 4.43. The normalized spacial score (nSPS) is 14.9. The molecule has 0 spiro atoms. The Balaban J connectivity index is 4.68. The minimum Gasteiger partial charge on any atom is -0.461 e. The zero-order valence-electron chi connectivity index (χ0n) is 12.7. The van der Waals surface area contributed by atoms with Crippen LogP contribution in [0.1, 0.15) is 34.1 Å². The van der Waals surface area contributed by atoms with Gasteiger partial charge in [-0.25, -0.2) is 0 Å². The van der Waals surface area contributed by atoms with Crippen molar-refractivity contribution in [2.45, 2.75) is 46.3 Å². The molecule has 8 heteroatoms. The average molecular weight is 285 g/mol. The lowest BCUT2D eigenvalue weighted by atomic mass is 10.1. The Hall–Kier alpha value is -1.99. The highest BCUT2D eigenvalue weighted by molar-refractivity contribution is 5.87. The minimum atomic E-state index is -0.384. The van der Waals surface area contributed by atoms with Crippen molar-refractivity contribution in [3.8, 4) is 0 Å². The number of hydrogen-bond acceptors (Lipinski definition) is 6. The van der Waals surface area contributed by atoms with E-state index in [2.05, 4.69) is 15.3 Å². The van der Waals surface area contributed by atoms with E-state index in [4.69, 9.17) is 10.6 Å². The van der Waals surface area contributed by atoms with E-state index in [1.165, 1.54) is 18.7 Å². The van der Waals surface area contributed by atoms with Crippen LogP contribution in [0.4, 0.5) is 0 Å². The van der Waals surface area contributed by atoms with E-state index in [1.807, 2.05) is 6.92 Å². The molecule has 8 nitrogen and oxygen atoms in total. The first-order valence-corrected chi connectivity index (χ1v) is 6.38. The standard InChI is InChI=1S/C12H23N5O3/c1-6-11(8(2)20-10(4)19)15-16-12(14-13)7-17(5)9(3)18/h8,11H,6-7,13H2,1-5H3/b14-12-,16-15?. The van der Waals surface area contributed by atoms with Crippen LogP contribution in [0.5, 0.6) is 0 Å². The molecule has 2 atom stereocenters. The van der Waals surface area contributed by atoms with Crippen molar-refractivity contribution in [3.63, 3.8) is 0 Å². The van der Waals surface area contributed by atoms with E-state index in [1.54, 1.807) is 14.0 Å². The van der Waals surface area contributed by atoms with Crippen molar-refractivity contribution in [2.24, 2.45) is 21.2 Å². The highest BCUT2D eigenvalue weighted by Crippen LogP contribution is 2.09. The Bertz CT molecular complexity index is 395. The zero-order chi connectivity index (χ0) is 15.7. The molecule has 0 saturated carbocycles. The van der Waals surface area contributed by atoms with Gasteiger partial charge in [-0.2, -0.15) is 10.2 Å². The topological polar surface area (TPSA) is 110 Å². The number of carbonyl (C=O) groups excluding carboxylic acids is 2. The molecule has 0 radical (unpaired) electrons. The third kappa shape index (κ3) is 6.81. The molecular formula is C12H23N5O3. The quantitative estimate of drug-likeness (QED) is 0.195. The molecule has 0 rings (SSSR count). The largest absolute Gasteiger partial charge is 0.461 e. The molecule has 0 aromatic carbocycles. The summed E-state index contributed by atoms with van der Waals surface area (Å²) >= 11 is 0. The monoisotopic (exact) mass is 285 g/mol. The molecule has 0 aromatic heterocycles. The smallest absolute Gasteiger partial charge is 0.302 e. The van der Waals surface area contributed by atoms with Crippen LogP contribution < -0.4 is 5.84 Å². The predicted molar refractivity (Wildman–Crippen MR) is 75.1 cm³/mol. The maximum absolute atomic E-state index is 11.1. The van der Waals surface area contributed by atoms with Gasteiger partial charge in [-0.1, -0.05) is 6.92 Å². The summed E-state index contributed by atoms with van der Waals surface area (Å²) < 4.78 is 5.06. The van der Waals surface area contributed by atoms with Crippen LogP contribution in [-0.2, 0) is 14.3 Å². The molecule has 114 valence electrons. The fourth-order valence-corrected chi connectivity index (χ4v) is 1.41. The number of nitrogens with zero attached hydrogens (tertiary/aromatic N) is 4. The van der Waals surface area contributed by atoms with Crippen molar-refractivity contribution in [3.05, 3.63) is 0 Å². The summed E-state index contributed by atoms with van der Waals surface area (Å²) in [6.45, 7) is 6.60. The highest BCUT2D eigenvalue weighted by atomic mass is 16.5. The van der Waals surface area contributed by atoms with E-state index < -0.39 is 0 Å². The lowest BCUT2D eigenvalue weighted by Crippen LogP contribution is -2.30. The molecule has 0 aliphatic rings. The SMILES string of the molecule is CCC(N=N/C(CN(C)C(C)=O)=N\N)C(C)OC(C)=O. The number of esters is 1. The molecule has 0 heterocycles. The maximum Gasteiger partial charge on any atom is 0.302 e. The van der Waals surface area contributed by atoms with Crippen LogP contribution >= 0.6 is 0 Å². The molecule has 2 unspecified atom stereocenters. The molecule has 20 heavy (non-hydrogen) atoms. The Kier molecular flexibility index (Phi) is 8.10. The summed E-state index contributed by atoms with van der Waals surface area (Å²) in [7, 11) is 1.61. The van der Waals surface area contributed by atoms with Crippen molar-refractivity contribution >= 4 is 17.7 Å². The molecule has 0 bridgehead atoms. The van der Waals surface area contributed by atoms with Crippen LogP contribution in [0.3, 0.4) is 0 Å². The zero-order valence-corrected chi connectivity index (χ0v) is 12.7. The van der Waals surface area contributed by atoms with Gasteiger partial charge in [0.15, 0.2) is 5.84 Å². The molecule has 2 N–H and O–H groups in total. The number of amides is 1. The van der Waals surface area contributed by atoms with Crippen molar-refractivity contribution in [1.29, 1.82) is 0 Å². The van der Waals surface area contributed by atoms with E-state index in [9.17, 15) is 9.59 Å². The van der Waals surface area contributed by atoms with Crippen molar-refractivity contribution in [2.75, 3.05) is 13.6 Å². The number of carbonyl (C=O) groups is 2. The lowest BCUT2D eigenvalue weighted by Gasteiger charge is -2.18. The Morgan fingerprint density at radius 2 is 1.95 bits per heavy atom. The van der Waals surface area contributed by atoms with Crippen molar-refractivity contribution < 1.29 is 14.3 Å². The number of rotatable bonds is 6. The third-order valence-corrected chi connectivity index (χ3v) is 2.70. The van der Waals surface area contributed by atoms with Gasteiger partial charge in [0.05, 0.1) is 6.54 Å². The number of ether oxygens (including phenoxy) is 1. The number of hydrogen-bond donors (Lipinski definition) is 1. The van der Waals surface area contributed by atoms with E-state index in [0.29, 0.717) is 6.42 Å². The van der Waals surface area contributed by atoms with Crippen LogP contribution in [0.15, 0.2) is 15.3 Å². The van der Waals surface area contributed by atoms with Gasteiger partial charge in [0, 0.05) is 20.9 Å². The first kappa shape index (κ1) is 18.0. The van der Waals surface area contributed by atoms with Gasteiger partial charge in [0.1, 0.15) is 12.1 Å². The Labute approximate surface area is 119 Å². The fraction of sp³-hybridized carbons (Fsp3) is 0.750. The second-order valence-electron chi connectivity index (χ2n) is 4.43. The van der Waals surface area contributed by atoms with Crippen LogP contribution in [0.2, 0.25) is 0 Å². The Morgan fingerprint density at radius 3 is 2.35 bits per heavy atom. The summed E-state index contributed by atoms with van der Waals surface area (Å²) in [6.07, 6.45) is 0.268. The number of nitrogens with two attached hydrogens (primary N) is 1. The summed E-state index contributed by atoms with van der Waals surface area (Å²) in [4.78, 5) is 23.4. The van der Waals surface area contributed by atoms with Gasteiger partial charge in [-0.3, -0.25) is 9.59 Å². The summed E-state index contributed by atoms with van der Waals surface area (Å²) in [5.41, 5.74) is 0. The molecule has 0 aromatic rings. The fourth-order valence-electron chi connectivity index (χ4n) is 1.41.